The summed E-state index contributed by atoms with van der Waals surface area (Å²) in [6.07, 6.45) is 0. The van der Waals surface area contributed by atoms with Gasteiger partial charge in [-0.1, -0.05) is 17.8 Å². The number of amides is 1. The first kappa shape index (κ1) is 18.0. The number of nitriles is 2. The van der Waals surface area contributed by atoms with Gasteiger partial charge in [0.15, 0.2) is 18.1 Å². The quantitative estimate of drug-likeness (QED) is 0.696. The third-order valence-electron chi connectivity index (χ3n) is 3.46. The molecule has 0 saturated heterocycles. The molecule has 1 aromatic rings. The summed E-state index contributed by atoms with van der Waals surface area (Å²) in [4.78, 5) is 10.9. The molecule has 0 aromatic heterocycles. The van der Waals surface area contributed by atoms with Crippen LogP contribution >= 0.6 is 11.8 Å². The maximum Gasteiger partial charge on any atom is 0.255 e. The molecule has 1 heterocycles. The molecule has 8 nitrogen and oxygen atoms in total. The highest BCUT2D eigenvalue weighted by Gasteiger charge is 2.31. The van der Waals surface area contributed by atoms with Gasteiger partial charge < -0.3 is 26.7 Å². The molecule has 0 aliphatic carbocycles. The van der Waals surface area contributed by atoms with E-state index in [1.54, 1.807) is 18.2 Å². The average molecular weight is 357 g/mol. The van der Waals surface area contributed by atoms with Crippen molar-refractivity contribution in [3.8, 4) is 23.6 Å². The van der Waals surface area contributed by atoms with Crippen LogP contribution in [0, 0.1) is 22.7 Å². The van der Waals surface area contributed by atoms with Crippen molar-refractivity contribution < 1.29 is 14.3 Å². The lowest BCUT2D eigenvalue weighted by Gasteiger charge is -2.24. The Morgan fingerprint density at radius 1 is 1.20 bits per heavy atom. The lowest BCUT2D eigenvalue weighted by atomic mass is 9.85. The predicted molar refractivity (Wildman–Crippen MR) is 91.7 cm³/mol. The Labute approximate surface area is 148 Å². The Morgan fingerprint density at radius 2 is 1.80 bits per heavy atom. The molecule has 0 radical (unpaired) electrons. The molecule has 0 saturated carbocycles. The molecular formula is C16H15N5O3S. The lowest BCUT2D eigenvalue weighted by molar-refractivity contribution is -0.119. The van der Waals surface area contributed by atoms with Crippen LogP contribution in [0.1, 0.15) is 11.5 Å². The molecule has 1 aliphatic rings. The monoisotopic (exact) mass is 357 g/mol. The van der Waals surface area contributed by atoms with E-state index in [0.717, 1.165) is 11.8 Å². The molecule has 25 heavy (non-hydrogen) atoms. The van der Waals surface area contributed by atoms with Crippen LogP contribution in [-0.4, -0.2) is 19.6 Å². The Bertz CT molecular complexity index is 828. The number of primary amides is 1. The second-order valence-corrected chi connectivity index (χ2v) is 6.06. The van der Waals surface area contributed by atoms with Crippen LogP contribution in [0.3, 0.4) is 0 Å². The third kappa shape index (κ3) is 3.62. The molecule has 0 fully saturated rings. The van der Waals surface area contributed by atoms with Crippen molar-refractivity contribution >= 4 is 17.7 Å². The van der Waals surface area contributed by atoms with Crippen LogP contribution in [0.25, 0.3) is 0 Å². The molecule has 0 atom stereocenters. The van der Waals surface area contributed by atoms with Gasteiger partial charge in [-0.25, -0.2) is 0 Å². The minimum Gasteiger partial charge on any atom is -0.493 e. The van der Waals surface area contributed by atoms with Crippen molar-refractivity contribution in [2.24, 2.45) is 17.2 Å². The fourth-order valence-corrected chi connectivity index (χ4v) is 3.15. The number of hydrogen-bond acceptors (Lipinski definition) is 8. The van der Waals surface area contributed by atoms with E-state index in [1.165, 1.54) is 7.11 Å². The molecule has 9 heteroatoms. The maximum absolute atomic E-state index is 10.9. The number of benzene rings is 1. The van der Waals surface area contributed by atoms with Crippen molar-refractivity contribution in [3.05, 3.63) is 45.0 Å². The van der Waals surface area contributed by atoms with E-state index in [4.69, 9.17) is 26.7 Å². The van der Waals surface area contributed by atoms with Crippen molar-refractivity contribution in [3.63, 3.8) is 0 Å². The number of nitrogens with two attached hydrogens (primary N) is 3. The van der Waals surface area contributed by atoms with Gasteiger partial charge in [-0.15, -0.1) is 0 Å². The maximum atomic E-state index is 10.9. The van der Waals surface area contributed by atoms with E-state index in [0.29, 0.717) is 17.1 Å². The van der Waals surface area contributed by atoms with Crippen molar-refractivity contribution in [2.45, 2.75) is 5.92 Å². The van der Waals surface area contributed by atoms with Crippen LogP contribution in [-0.2, 0) is 4.79 Å². The summed E-state index contributed by atoms with van der Waals surface area (Å²) >= 11 is 0.992. The summed E-state index contributed by atoms with van der Waals surface area (Å²) in [6.45, 7) is -0.303. The minimum atomic E-state index is -0.699. The Hall–Kier alpha value is -3.30. The highest BCUT2D eigenvalue weighted by atomic mass is 32.2. The van der Waals surface area contributed by atoms with Crippen LogP contribution in [0.5, 0.6) is 11.5 Å². The molecule has 6 N–H and O–H groups in total. The van der Waals surface area contributed by atoms with E-state index in [1.807, 2.05) is 12.1 Å². The lowest BCUT2D eigenvalue weighted by Crippen LogP contribution is -2.20. The fourth-order valence-electron chi connectivity index (χ4n) is 2.36. The third-order valence-corrected chi connectivity index (χ3v) is 4.34. The summed E-state index contributed by atoms with van der Waals surface area (Å²) < 4.78 is 10.5. The standard InChI is InChI=1S/C16H15N5O3S/c1-23-12-4-8(2-3-11(12)24-7-13(19)22)14-9(5-17)15(20)25-16(21)10(14)6-18/h2-4,14H,7,20-21H2,1H3,(H2,19,22). The van der Waals surface area contributed by atoms with E-state index >= 15 is 0 Å². The van der Waals surface area contributed by atoms with Gasteiger partial charge in [0.1, 0.15) is 0 Å². The topological polar surface area (TPSA) is 161 Å². The molecule has 0 spiro atoms. The second-order valence-electron chi connectivity index (χ2n) is 4.98. The number of carbonyl (C=O) groups is 1. The molecule has 0 bridgehead atoms. The molecular weight excluding hydrogens is 342 g/mol. The highest BCUT2D eigenvalue weighted by Crippen LogP contribution is 2.44. The van der Waals surface area contributed by atoms with E-state index < -0.39 is 11.8 Å². The van der Waals surface area contributed by atoms with Gasteiger partial charge in [0.25, 0.3) is 5.91 Å². The van der Waals surface area contributed by atoms with Gasteiger partial charge in [-0.2, -0.15) is 10.5 Å². The Morgan fingerprint density at radius 3 is 2.28 bits per heavy atom. The van der Waals surface area contributed by atoms with Crippen LogP contribution in [0.4, 0.5) is 0 Å². The number of allylic oxidation sites excluding steroid dienone is 2. The summed E-state index contributed by atoms with van der Waals surface area (Å²) in [6, 6.07) is 8.89. The smallest absolute Gasteiger partial charge is 0.255 e. The molecule has 2 rings (SSSR count). The Kier molecular flexibility index (Phi) is 5.42. The molecule has 1 amide bonds. The van der Waals surface area contributed by atoms with Crippen LogP contribution in [0.2, 0.25) is 0 Å². The first-order valence-electron chi connectivity index (χ1n) is 6.99. The first-order chi connectivity index (χ1) is 11.9. The average Bonchev–Trinajstić information content (AvgIpc) is 2.59. The largest absolute Gasteiger partial charge is 0.493 e. The molecule has 1 aliphatic heterocycles. The normalized spacial score (nSPS) is 14.7. The molecule has 128 valence electrons. The molecule has 1 aromatic carbocycles. The zero-order valence-corrected chi connectivity index (χ0v) is 14.1. The van der Waals surface area contributed by atoms with E-state index in [-0.39, 0.29) is 27.8 Å². The predicted octanol–water partition coefficient (Wildman–Crippen LogP) is 0.777. The van der Waals surface area contributed by atoms with Gasteiger partial charge in [0.05, 0.1) is 46.4 Å². The minimum absolute atomic E-state index is 0.239. The van der Waals surface area contributed by atoms with E-state index in [2.05, 4.69) is 0 Å². The Balaban J connectivity index is 2.52. The SMILES string of the molecule is COc1cc(C2C(C#N)=C(N)SC(N)=C2C#N)ccc1OCC(N)=O. The fraction of sp³-hybridized carbons (Fsp3) is 0.188. The van der Waals surface area contributed by atoms with Gasteiger partial charge in [-0.05, 0) is 17.7 Å². The zero-order chi connectivity index (χ0) is 18.6. The number of hydrogen-bond donors (Lipinski definition) is 3. The summed E-state index contributed by atoms with van der Waals surface area (Å²) in [7, 11) is 1.43. The number of thioether (sulfide) groups is 1. The number of rotatable bonds is 5. The van der Waals surface area contributed by atoms with Crippen LogP contribution in [0.15, 0.2) is 39.4 Å². The van der Waals surface area contributed by atoms with Gasteiger partial charge in [0.2, 0.25) is 0 Å². The van der Waals surface area contributed by atoms with Gasteiger partial charge >= 0.3 is 0 Å². The summed E-state index contributed by atoms with van der Waals surface area (Å²) in [5.41, 5.74) is 17.9. The zero-order valence-electron chi connectivity index (χ0n) is 13.3. The van der Waals surface area contributed by atoms with Crippen molar-refractivity contribution in [2.75, 3.05) is 13.7 Å². The summed E-state index contributed by atoms with van der Waals surface area (Å²) in [5, 5.41) is 19.4. The van der Waals surface area contributed by atoms with Gasteiger partial charge in [-0.3, -0.25) is 4.79 Å². The summed E-state index contributed by atoms with van der Waals surface area (Å²) in [5.74, 6) is -0.694. The number of methoxy groups -OCH3 is 1. The van der Waals surface area contributed by atoms with Crippen molar-refractivity contribution in [1.82, 2.24) is 0 Å². The van der Waals surface area contributed by atoms with Crippen molar-refractivity contribution in [1.29, 1.82) is 10.5 Å². The van der Waals surface area contributed by atoms with Crippen LogP contribution < -0.4 is 26.7 Å². The number of nitrogens with zero attached hydrogens (tertiary/aromatic N) is 2. The number of ether oxygens (including phenoxy) is 2. The number of carbonyl (C=O) groups excluding carboxylic acids is 1. The van der Waals surface area contributed by atoms with Gasteiger partial charge in [0, 0.05) is 0 Å². The highest BCUT2D eigenvalue weighted by molar-refractivity contribution is 8.06. The second kappa shape index (κ2) is 7.51. The first-order valence-corrected chi connectivity index (χ1v) is 7.80. The molecule has 0 unspecified atom stereocenters. The van der Waals surface area contributed by atoms with E-state index in [9.17, 15) is 15.3 Å².